The van der Waals surface area contributed by atoms with Crippen LogP contribution in [0.2, 0.25) is 5.02 Å². The first-order valence-electron chi connectivity index (χ1n) is 10.8. The maximum atomic E-state index is 13.4. The zero-order valence-electron chi connectivity index (χ0n) is 17.1. The number of imide groups is 1. The lowest BCUT2D eigenvalue weighted by Gasteiger charge is -2.32. The van der Waals surface area contributed by atoms with Gasteiger partial charge in [0.2, 0.25) is 11.8 Å². The fraction of sp³-hybridized carbons (Fsp3) is 0.250. The van der Waals surface area contributed by atoms with Crippen molar-refractivity contribution >= 4 is 51.3 Å². The van der Waals surface area contributed by atoms with Crippen molar-refractivity contribution in [3.05, 3.63) is 76.8 Å². The largest absolute Gasteiger partial charge is 0.370 e. The second-order valence-corrected chi connectivity index (χ2v) is 9.89. The van der Waals surface area contributed by atoms with Gasteiger partial charge in [0, 0.05) is 22.2 Å². The van der Waals surface area contributed by atoms with E-state index in [0.717, 1.165) is 17.0 Å². The van der Waals surface area contributed by atoms with E-state index in [0.29, 0.717) is 10.2 Å². The van der Waals surface area contributed by atoms with E-state index in [1.165, 1.54) is 16.2 Å². The summed E-state index contributed by atoms with van der Waals surface area (Å²) in [6, 6.07) is 17.2. The summed E-state index contributed by atoms with van der Waals surface area (Å²) in [4.78, 5) is 32.4. The third-order valence-electron chi connectivity index (χ3n) is 7.07. The van der Waals surface area contributed by atoms with Crippen molar-refractivity contribution in [2.45, 2.75) is 18.2 Å². The fourth-order valence-electron chi connectivity index (χ4n) is 5.84. The lowest BCUT2D eigenvalue weighted by Crippen LogP contribution is -2.50. The van der Waals surface area contributed by atoms with Crippen LogP contribution in [0, 0.1) is 17.8 Å². The van der Waals surface area contributed by atoms with Gasteiger partial charge in [-0.05, 0) is 18.2 Å². The second kappa shape index (κ2) is 6.96. The van der Waals surface area contributed by atoms with Gasteiger partial charge in [-0.2, -0.15) is 5.10 Å². The van der Waals surface area contributed by atoms with Crippen molar-refractivity contribution < 1.29 is 14.3 Å². The van der Waals surface area contributed by atoms with Crippen molar-refractivity contribution in [3.63, 3.8) is 0 Å². The van der Waals surface area contributed by atoms with Crippen LogP contribution in [0.5, 0.6) is 0 Å². The molecule has 3 aromatic rings. The van der Waals surface area contributed by atoms with Crippen LogP contribution in [0.15, 0.2) is 71.3 Å². The molecule has 3 saturated heterocycles. The molecule has 1 aromatic heterocycles. The Balaban J connectivity index is 1.35. The molecule has 33 heavy (non-hydrogen) atoms. The number of anilines is 2. The number of fused-ring (bicyclic) bond motifs is 8. The van der Waals surface area contributed by atoms with Crippen LogP contribution < -0.4 is 9.91 Å². The quantitative estimate of drug-likeness (QED) is 0.540. The molecular weight excluding hydrogens is 460 g/mol. The number of carbonyl (C=O) groups excluding carboxylic acids is 2. The van der Waals surface area contributed by atoms with Crippen LogP contribution in [0.1, 0.15) is 5.56 Å². The van der Waals surface area contributed by atoms with Gasteiger partial charge in [0.25, 0.3) is 0 Å². The number of para-hydroxylation sites is 1. The molecule has 3 fully saturated rings. The van der Waals surface area contributed by atoms with E-state index in [1.54, 1.807) is 11.6 Å². The molecule has 7 rings (SSSR count). The number of hydrazone groups is 1. The molecule has 0 radical (unpaired) electrons. The van der Waals surface area contributed by atoms with Gasteiger partial charge in [-0.3, -0.25) is 14.6 Å². The first kappa shape index (κ1) is 19.4. The molecule has 0 N–H and O–H groups in total. The van der Waals surface area contributed by atoms with E-state index < -0.39 is 24.0 Å². The summed E-state index contributed by atoms with van der Waals surface area (Å²) in [5.41, 5.74) is 2.54. The number of hydrogen-bond donors (Lipinski definition) is 0. The fourth-order valence-corrected chi connectivity index (χ4v) is 6.72. The Hall–Kier alpha value is -3.07. The van der Waals surface area contributed by atoms with Crippen molar-refractivity contribution in [3.8, 4) is 0 Å². The van der Waals surface area contributed by atoms with Gasteiger partial charge in [-0.25, -0.2) is 9.88 Å². The van der Waals surface area contributed by atoms with Crippen LogP contribution in [0.4, 0.5) is 10.8 Å². The smallest absolute Gasteiger partial charge is 0.242 e. The number of halogens is 1. The van der Waals surface area contributed by atoms with E-state index in [4.69, 9.17) is 21.4 Å². The van der Waals surface area contributed by atoms with Gasteiger partial charge in [0.1, 0.15) is 0 Å². The van der Waals surface area contributed by atoms with Gasteiger partial charge in [-0.15, -0.1) is 11.3 Å². The minimum absolute atomic E-state index is 0.177. The first-order chi connectivity index (χ1) is 16.1. The number of ether oxygens (including phenoxy) is 1. The van der Waals surface area contributed by atoms with Gasteiger partial charge in [0.15, 0.2) is 5.13 Å². The molecule has 0 aliphatic carbocycles. The minimum atomic E-state index is -0.545. The second-order valence-electron chi connectivity index (χ2n) is 8.61. The lowest BCUT2D eigenvalue weighted by atomic mass is 9.70. The average molecular weight is 477 g/mol. The predicted molar refractivity (Wildman–Crippen MR) is 124 cm³/mol. The average Bonchev–Trinajstić information content (AvgIpc) is 3.63. The summed E-state index contributed by atoms with van der Waals surface area (Å²) in [5.74, 6) is -1.73. The number of amides is 2. The lowest BCUT2D eigenvalue weighted by molar-refractivity contribution is -0.125. The van der Waals surface area contributed by atoms with Crippen molar-refractivity contribution in [2.24, 2.45) is 22.9 Å². The molecule has 4 aliphatic heterocycles. The van der Waals surface area contributed by atoms with Crippen LogP contribution in [-0.2, 0) is 14.3 Å². The zero-order chi connectivity index (χ0) is 22.3. The van der Waals surface area contributed by atoms with Crippen LogP contribution in [0.25, 0.3) is 0 Å². The van der Waals surface area contributed by atoms with E-state index in [9.17, 15) is 9.59 Å². The molecule has 0 unspecified atom stereocenters. The standard InChI is InChI=1S/C24H17ClN4O3S/c25-14-9-5-4-8-13(14)18-17-19(29(27-18)12-6-2-1-3-7-12)21-16-15(20(17)32-21)22(30)28(23(16)31)24-26-10-11-33-24/h1-11,15-17,19-21H/t15-,16+,17+,19-,20-,21+/m1/s1. The molecule has 2 aromatic carbocycles. The third kappa shape index (κ3) is 2.54. The molecule has 4 aliphatic rings. The van der Waals surface area contributed by atoms with Gasteiger partial charge >= 0.3 is 0 Å². The highest BCUT2D eigenvalue weighted by Crippen LogP contribution is 2.56. The van der Waals surface area contributed by atoms with Crippen LogP contribution >= 0.6 is 22.9 Å². The summed E-state index contributed by atoms with van der Waals surface area (Å²) in [7, 11) is 0. The Bertz CT molecular complexity index is 1310. The summed E-state index contributed by atoms with van der Waals surface area (Å²) in [6.45, 7) is 0. The number of carbonyl (C=O) groups is 2. The molecule has 9 heteroatoms. The van der Waals surface area contributed by atoms with Crippen LogP contribution in [0.3, 0.4) is 0 Å². The van der Waals surface area contributed by atoms with E-state index in [-0.39, 0.29) is 23.8 Å². The molecule has 5 heterocycles. The van der Waals surface area contributed by atoms with Crippen LogP contribution in [-0.4, -0.2) is 40.8 Å². The zero-order valence-corrected chi connectivity index (χ0v) is 18.7. The molecule has 0 saturated carbocycles. The Morgan fingerprint density at radius 1 is 0.909 bits per heavy atom. The topological polar surface area (TPSA) is 75.1 Å². The Labute approximate surface area is 198 Å². The van der Waals surface area contributed by atoms with Crippen molar-refractivity contribution in [1.82, 2.24) is 4.98 Å². The van der Waals surface area contributed by atoms with E-state index in [2.05, 4.69) is 4.98 Å². The number of hydrogen-bond acceptors (Lipinski definition) is 7. The third-order valence-corrected chi connectivity index (χ3v) is 8.16. The molecule has 7 nitrogen and oxygen atoms in total. The maximum Gasteiger partial charge on any atom is 0.242 e. The highest BCUT2D eigenvalue weighted by Gasteiger charge is 2.72. The molecule has 0 spiro atoms. The maximum absolute atomic E-state index is 13.4. The Kier molecular flexibility index (Phi) is 4.09. The highest BCUT2D eigenvalue weighted by atomic mass is 35.5. The molecule has 2 bridgehead atoms. The SMILES string of the molecule is O=C1[C@@H]2[C@@H]3O[C@@H]([C@H]4C(c5ccccc5Cl)=NN(c5ccccc5)[C@@H]34)[C@@H]2C(=O)N1c1nccs1. The first-order valence-corrected chi connectivity index (χ1v) is 12.0. The van der Waals surface area contributed by atoms with Crippen molar-refractivity contribution in [1.29, 1.82) is 0 Å². The summed E-state index contributed by atoms with van der Waals surface area (Å²) < 4.78 is 6.41. The minimum Gasteiger partial charge on any atom is -0.370 e. The van der Waals surface area contributed by atoms with Crippen molar-refractivity contribution in [2.75, 3.05) is 9.91 Å². The summed E-state index contributed by atoms with van der Waals surface area (Å²) >= 11 is 7.86. The normalized spacial score (nSPS) is 31.8. The van der Waals surface area contributed by atoms with E-state index >= 15 is 0 Å². The molecular formula is C24H17ClN4O3S. The summed E-state index contributed by atoms with van der Waals surface area (Å²) in [5, 5.41) is 9.74. The number of benzene rings is 2. The number of nitrogens with zero attached hydrogens (tertiary/aromatic N) is 4. The monoisotopic (exact) mass is 476 g/mol. The number of thiazole rings is 1. The van der Waals surface area contributed by atoms with E-state index in [1.807, 2.05) is 59.6 Å². The number of rotatable bonds is 3. The molecule has 2 amide bonds. The predicted octanol–water partition coefficient (Wildman–Crippen LogP) is 3.59. The van der Waals surface area contributed by atoms with Gasteiger partial charge in [-0.1, -0.05) is 48.0 Å². The number of aromatic nitrogens is 1. The molecule has 164 valence electrons. The summed E-state index contributed by atoms with van der Waals surface area (Å²) in [6.07, 6.45) is 0.707. The Morgan fingerprint density at radius 3 is 2.36 bits per heavy atom. The molecule has 6 atom stereocenters. The highest BCUT2D eigenvalue weighted by molar-refractivity contribution is 7.14. The Morgan fingerprint density at radius 2 is 1.64 bits per heavy atom. The van der Waals surface area contributed by atoms with Gasteiger partial charge in [0.05, 0.1) is 47.4 Å². The van der Waals surface area contributed by atoms with Gasteiger partial charge < -0.3 is 4.74 Å².